The maximum Gasteiger partial charge on any atom is 0.192 e. The average molecular weight is 375 g/mol. The van der Waals surface area contributed by atoms with Gasteiger partial charge >= 0.3 is 0 Å². The molecule has 0 unspecified atom stereocenters. The highest BCUT2D eigenvalue weighted by molar-refractivity contribution is 6.81. The molecule has 1 saturated heterocycles. The molecule has 24 heavy (non-hydrogen) atoms. The molecule has 2 atom stereocenters. The lowest BCUT2D eigenvalue weighted by atomic mass is 10.1. The molecule has 4 nitrogen and oxygen atoms in total. The summed E-state index contributed by atoms with van der Waals surface area (Å²) < 4.78 is 17.9. The summed E-state index contributed by atoms with van der Waals surface area (Å²) >= 11 is 0. The Hall–Kier alpha value is 0.0138. The SMILES string of the molecule is CC1(C)OC[C@H]([C@H](O)/C(=C/[Si](C)(C)C)CO[Si](C)(C)C(C)(C)C)O1. The highest BCUT2D eigenvalue weighted by Crippen LogP contribution is 2.37. The fourth-order valence-electron chi connectivity index (χ4n) is 2.36. The normalized spacial score (nSPS) is 24.3. The first-order valence-corrected chi connectivity index (χ1v) is 15.4. The lowest BCUT2D eigenvalue weighted by Gasteiger charge is -2.37. The molecule has 0 aromatic heterocycles. The van der Waals surface area contributed by atoms with Gasteiger partial charge in [-0.15, -0.1) is 0 Å². The Labute approximate surface area is 150 Å². The van der Waals surface area contributed by atoms with Gasteiger partial charge in [0.25, 0.3) is 0 Å². The van der Waals surface area contributed by atoms with Crippen molar-refractivity contribution in [1.82, 2.24) is 0 Å². The van der Waals surface area contributed by atoms with E-state index in [9.17, 15) is 5.11 Å². The molecule has 0 aliphatic carbocycles. The average Bonchev–Trinajstić information content (AvgIpc) is 2.71. The molecule has 1 aliphatic rings. The minimum Gasteiger partial charge on any atom is -0.413 e. The zero-order valence-electron chi connectivity index (χ0n) is 17.3. The van der Waals surface area contributed by atoms with Gasteiger partial charge in [-0.05, 0) is 37.6 Å². The van der Waals surface area contributed by atoms with Crippen LogP contribution in [0.4, 0.5) is 0 Å². The van der Waals surface area contributed by atoms with Gasteiger partial charge in [-0.1, -0.05) is 46.1 Å². The lowest BCUT2D eigenvalue weighted by Crippen LogP contribution is -2.43. The van der Waals surface area contributed by atoms with Gasteiger partial charge in [0, 0.05) is 0 Å². The van der Waals surface area contributed by atoms with Crippen LogP contribution in [0.5, 0.6) is 0 Å². The summed E-state index contributed by atoms with van der Waals surface area (Å²) in [5.74, 6) is -0.629. The van der Waals surface area contributed by atoms with E-state index in [2.05, 4.69) is 59.2 Å². The molecule has 0 radical (unpaired) electrons. The molecule has 0 saturated carbocycles. The minimum atomic E-state index is -1.87. The highest BCUT2D eigenvalue weighted by atomic mass is 28.4. The van der Waals surface area contributed by atoms with Gasteiger partial charge in [-0.2, -0.15) is 0 Å². The second-order valence-corrected chi connectivity index (χ2v) is 19.8. The zero-order valence-corrected chi connectivity index (χ0v) is 19.3. The molecule has 1 rings (SSSR count). The van der Waals surface area contributed by atoms with E-state index in [-0.39, 0.29) is 11.1 Å². The van der Waals surface area contributed by atoms with Gasteiger partial charge in [-0.25, -0.2) is 0 Å². The second kappa shape index (κ2) is 7.33. The fourth-order valence-corrected chi connectivity index (χ4v) is 4.69. The van der Waals surface area contributed by atoms with Crippen LogP contribution in [0.15, 0.2) is 11.3 Å². The van der Waals surface area contributed by atoms with E-state index in [0.717, 1.165) is 5.57 Å². The van der Waals surface area contributed by atoms with Crippen LogP contribution >= 0.6 is 0 Å². The number of rotatable bonds is 6. The summed E-state index contributed by atoms with van der Waals surface area (Å²) in [5, 5.41) is 11.0. The van der Waals surface area contributed by atoms with E-state index < -0.39 is 28.3 Å². The van der Waals surface area contributed by atoms with Gasteiger partial charge in [0.1, 0.15) is 12.2 Å². The van der Waals surface area contributed by atoms with Crippen molar-refractivity contribution in [3.63, 3.8) is 0 Å². The quantitative estimate of drug-likeness (QED) is 0.703. The third-order valence-corrected chi connectivity index (χ3v) is 10.5. The van der Waals surface area contributed by atoms with Crippen LogP contribution in [0.2, 0.25) is 37.8 Å². The third-order valence-electron chi connectivity index (χ3n) is 4.79. The number of ether oxygens (including phenoxy) is 2. The van der Waals surface area contributed by atoms with Crippen molar-refractivity contribution in [2.24, 2.45) is 0 Å². The van der Waals surface area contributed by atoms with E-state index in [1.807, 2.05) is 13.8 Å². The van der Waals surface area contributed by atoms with E-state index >= 15 is 0 Å². The predicted octanol–water partition coefficient (Wildman–Crippen LogP) is 4.32. The number of hydrogen-bond acceptors (Lipinski definition) is 4. The summed E-state index contributed by atoms with van der Waals surface area (Å²) in [4.78, 5) is 0. The Kier molecular flexibility index (Phi) is 6.73. The highest BCUT2D eigenvalue weighted by Gasteiger charge is 2.40. The Morgan fingerprint density at radius 3 is 2.17 bits per heavy atom. The van der Waals surface area contributed by atoms with E-state index in [1.54, 1.807) is 0 Å². The van der Waals surface area contributed by atoms with Crippen LogP contribution in [-0.2, 0) is 13.9 Å². The lowest BCUT2D eigenvalue weighted by molar-refractivity contribution is -0.148. The van der Waals surface area contributed by atoms with Crippen molar-refractivity contribution >= 4 is 16.4 Å². The molecule has 1 aliphatic heterocycles. The number of hydrogen-bond donors (Lipinski definition) is 1. The molecule has 1 N–H and O–H groups in total. The van der Waals surface area contributed by atoms with E-state index in [4.69, 9.17) is 13.9 Å². The van der Waals surface area contributed by atoms with Crippen LogP contribution in [0.1, 0.15) is 34.6 Å². The minimum absolute atomic E-state index is 0.150. The van der Waals surface area contributed by atoms with Crippen molar-refractivity contribution in [2.45, 2.75) is 90.4 Å². The van der Waals surface area contributed by atoms with Crippen molar-refractivity contribution < 1.29 is 19.0 Å². The van der Waals surface area contributed by atoms with Crippen LogP contribution in [0.3, 0.4) is 0 Å². The molecule has 0 spiro atoms. The summed E-state index contributed by atoms with van der Waals surface area (Å²) in [5.41, 5.74) is 3.20. The topological polar surface area (TPSA) is 47.9 Å². The van der Waals surface area contributed by atoms with Crippen molar-refractivity contribution in [1.29, 1.82) is 0 Å². The largest absolute Gasteiger partial charge is 0.413 e. The molecule has 1 heterocycles. The van der Waals surface area contributed by atoms with Crippen LogP contribution < -0.4 is 0 Å². The van der Waals surface area contributed by atoms with Gasteiger partial charge in [0.2, 0.25) is 0 Å². The van der Waals surface area contributed by atoms with E-state index in [0.29, 0.717) is 13.2 Å². The molecular formula is C18H38O4Si2. The van der Waals surface area contributed by atoms with Gasteiger partial charge < -0.3 is 19.0 Å². The van der Waals surface area contributed by atoms with Crippen molar-refractivity contribution in [3.05, 3.63) is 11.3 Å². The zero-order chi connectivity index (χ0) is 19.0. The fraction of sp³-hybridized carbons (Fsp3) is 0.889. The van der Waals surface area contributed by atoms with Crippen LogP contribution in [0, 0.1) is 0 Å². The molecule has 0 bridgehead atoms. The Morgan fingerprint density at radius 1 is 1.25 bits per heavy atom. The molecule has 142 valence electrons. The van der Waals surface area contributed by atoms with Crippen LogP contribution in [-0.4, -0.2) is 52.7 Å². The van der Waals surface area contributed by atoms with Crippen molar-refractivity contribution in [2.75, 3.05) is 13.2 Å². The number of aliphatic hydroxyl groups excluding tert-OH is 1. The van der Waals surface area contributed by atoms with Gasteiger partial charge in [0.05, 0.1) is 21.3 Å². The smallest absolute Gasteiger partial charge is 0.192 e. The molecule has 0 aromatic carbocycles. The maximum atomic E-state index is 10.9. The molecule has 1 fully saturated rings. The Morgan fingerprint density at radius 2 is 1.79 bits per heavy atom. The number of aliphatic hydroxyl groups is 1. The predicted molar refractivity (Wildman–Crippen MR) is 105 cm³/mol. The first-order chi connectivity index (χ1) is 10.5. The summed E-state index contributed by atoms with van der Waals surface area (Å²) in [6.45, 7) is 22.6. The first-order valence-electron chi connectivity index (χ1n) is 8.89. The first kappa shape index (κ1) is 22.1. The summed E-state index contributed by atoms with van der Waals surface area (Å²) in [6.07, 6.45) is -1.01. The van der Waals surface area contributed by atoms with Gasteiger partial charge in [-0.3, -0.25) is 0 Å². The third kappa shape index (κ3) is 6.39. The molecular weight excluding hydrogens is 336 g/mol. The molecule has 0 amide bonds. The second-order valence-electron chi connectivity index (χ2n) is 9.95. The van der Waals surface area contributed by atoms with Crippen LogP contribution in [0.25, 0.3) is 0 Å². The maximum absolute atomic E-state index is 10.9. The van der Waals surface area contributed by atoms with Gasteiger partial charge in [0.15, 0.2) is 14.1 Å². The standard InChI is InChI=1S/C18H38O4Si2/c1-17(2,3)24(9,10)21-11-14(13-23(6,7)8)16(19)15-12-20-18(4,5)22-15/h13,15-16,19H,11-12H2,1-10H3/b14-13+/t15-,16-/m1/s1. The molecule has 6 heteroatoms. The monoisotopic (exact) mass is 374 g/mol. The summed E-state index contributed by atoms with van der Waals surface area (Å²) in [6, 6.07) is 0. The Bertz CT molecular complexity index is 459. The van der Waals surface area contributed by atoms with Crippen molar-refractivity contribution in [3.8, 4) is 0 Å². The summed E-state index contributed by atoms with van der Waals surface area (Å²) in [7, 11) is -3.36. The Balaban J connectivity index is 2.92. The molecule has 0 aromatic rings. The van der Waals surface area contributed by atoms with E-state index in [1.165, 1.54) is 0 Å².